The lowest BCUT2D eigenvalue weighted by molar-refractivity contribution is -0.276. The monoisotopic (exact) mass is 203 g/mol. The Balaban J connectivity index is 2.23. The van der Waals surface area contributed by atoms with Crippen molar-refractivity contribution < 1.29 is 17.9 Å². The van der Waals surface area contributed by atoms with Crippen LogP contribution in [0.5, 0.6) is 5.88 Å². The Morgan fingerprint density at radius 3 is 2.64 bits per heavy atom. The molecule has 14 heavy (non-hydrogen) atoms. The highest BCUT2D eigenvalue weighted by Gasteiger charge is 2.35. The van der Waals surface area contributed by atoms with E-state index in [1.807, 2.05) is 0 Å². The summed E-state index contributed by atoms with van der Waals surface area (Å²) in [5.74, 6) is -0.108. The number of aromatic nitrogens is 1. The van der Waals surface area contributed by atoms with Crippen LogP contribution >= 0.6 is 0 Å². The Labute approximate surface area is 78.7 Å². The third-order valence-electron chi connectivity index (χ3n) is 2.03. The van der Waals surface area contributed by atoms with Gasteiger partial charge in [-0.1, -0.05) is 6.07 Å². The highest BCUT2D eigenvalue weighted by Crippen LogP contribution is 2.44. The number of pyridine rings is 1. The topological polar surface area (TPSA) is 22.1 Å². The molecule has 0 saturated heterocycles. The van der Waals surface area contributed by atoms with Gasteiger partial charge in [-0.25, -0.2) is 4.98 Å². The minimum absolute atomic E-state index is 0.195. The summed E-state index contributed by atoms with van der Waals surface area (Å²) in [6, 6.07) is 3.25. The van der Waals surface area contributed by atoms with Crippen LogP contribution in [0.1, 0.15) is 24.3 Å². The van der Waals surface area contributed by atoms with Gasteiger partial charge in [-0.15, -0.1) is 13.2 Å². The molecule has 0 bridgehead atoms. The minimum Gasteiger partial charge on any atom is -0.388 e. The van der Waals surface area contributed by atoms with Gasteiger partial charge in [0.25, 0.3) is 0 Å². The van der Waals surface area contributed by atoms with E-state index < -0.39 is 6.36 Å². The van der Waals surface area contributed by atoms with Crippen LogP contribution in [0.3, 0.4) is 0 Å². The molecule has 0 unspecified atom stereocenters. The van der Waals surface area contributed by atoms with Crippen LogP contribution in [0.4, 0.5) is 13.2 Å². The summed E-state index contributed by atoms with van der Waals surface area (Å²) >= 11 is 0. The number of halogens is 3. The Kier molecular flexibility index (Phi) is 2.09. The predicted molar refractivity (Wildman–Crippen MR) is 42.9 cm³/mol. The van der Waals surface area contributed by atoms with Crippen molar-refractivity contribution in [3.63, 3.8) is 0 Å². The van der Waals surface area contributed by atoms with E-state index in [2.05, 4.69) is 9.72 Å². The molecule has 1 heterocycles. The van der Waals surface area contributed by atoms with E-state index in [-0.39, 0.29) is 11.8 Å². The number of nitrogens with zero attached hydrogens (tertiary/aromatic N) is 1. The van der Waals surface area contributed by atoms with Crippen molar-refractivity contribution in [2.75, 3.05) is 0 Å². The molecular formula is C9H8F3NO. The van der Waals surface area contributed by atoms with Gasteiger partial charge < -0.3 is 4.74 Å². The molecule has 76 valence electrons. The quantitative estimate of drug-likeness (QED) is 0.737. The first kappa shape index (κ1) is 9.30. The Morgan fingerprint density at radius 2 is 2.07 bits per heavy atom. The molecule has 1 saturated carbocycles. The number of hydrogen-bond donors (Lipinski definition) is 0. The molecule has 1 aromatic rings. The van der Waals surface area contributed by atoms with E-state index in [1.165, 1.54) is 6.20 Å². The minimum atomic E-state index is -4.65. The van der Waals surface area contributed by atoms with Crippen molar-refractivity contribution in [2.45, 2.75) is 25.1 Å². The molecule has 1 aliphatic rings. The van der Waals surface area contributed by atoms with Crippen molar-refractivity contribution in [2.24, 2.45) is 0 Å². The third-order valence-corrected chi connectivity index (χ3v) is 2.03. The molecule has 0 spiro atoms. The van der Waals surface area contributed by atoms with Gasteiger partial charge in [0.15, 0.2) is 0 Å². The maximum Gasteiger partial charge on any atom is 0.574 e. The number of ether oxygens (including phenoxy) is 1. The van der Waals surface area contributed by atoms with Crippen LogP contribution in [-0.4, -0.2) is 11.3 Å². The summed E-state index contributed by atoms with van der Waals surface area (Å²) in [5, 5.41) is 0. The highest BCUT2D eigenvalue weighted by molar-refractivity contribution is 5.32. The highest BCUT2D eigenvalue weighted by atomic mass is 19.4. The molecule has 1 aliphatic carbocycles. The van der Waals surface area contributed by atoms with E-state index in [1.54, 1.807) is 12.1 Å². The predicted octanol–water partition coefficient (Wildman–Crippen LogP) is 2.86. The summed E-state index contributed by atoms with van der Waals surface area (Å²) in [6.07, 6.45) is -1.52. The molecule has 1 fully saturated rings. The number of hydrogen-bond acceptors (Lipinski definition) is 2. The average Bonchev–Trinajstić information content (AvgIpc) is 2.85. The first-order chi connectivity index (χ1) is 6.56. The summed E-state index contributed by atoms with van der Waals surface area (Å²) in [6.45, 7) is 0. The van der Waals surface area contributed by atoms with E-state index in [9.17, 15) is 13.2 Å². The maximum absolute atomic E-state index is 11.9. The Hall–Kier alpha value is -1.26. The van der Waals surface area contributed by atoms with Gasteiger partial charge in [-0.05, 0) is 24.8 Å². The van der Waals surface area contributed by atoms with Gasteiger partial charge in [-0.3, -0.25) is 0 Å². The lowest BCUT2D eigenvalue weighted by Crippen LogP contribution is -2.18. The summed E-state index contributed by atoms with van der Waals surface area (Å²) < 4.78 is 39.7. The zero-order valence-corrected chi connectivity index (χ0v) is 7.21. The van der Waals surface area contributed by atoms with Crippen molar-refractivity contribution >= 4 is 0 Å². The van der Waals surface area contributed by atoms with Crippen LogP contribution in [0, 0.1) is 0 Å². The molecule has 1 aromatic heterocycles. The van der Waals surface area contributed by atoms with E-state index in [0.29, 0.717) is 5.56 Å². The first-order valence-corrected chi connectivity index (χ1v) is 4.27. The second kappa shape index (κ2) is 3.15. The molecule has 2 rings (SSSR count). The van der Waals surface area contributed by atoms with Crippen molar-refractivity contribution in [3.8, 4) is 5.88 Å². The second-order valence-electron chi connectivity index (χ2n) is 3.22. The van der Waals surface area contributed by atoms with Crippen LogP contribution in [0.15, 0.2) is 18.3 Å². The standard InChI is InChI=1S/C9H8F3NO/c10-9(11,12)14-8-7(6-3-4-6)2-1-5-13-8/h1-2,5-6H,3-4H2. The summed E-state index contributed by atoms with van der Waals surface area (Å²) in [7, 11) is 0. The van der Waals surface area contributed by atoms with E-state index >= 15 is 0 Å². The zero-order chi connectivity index (χ0) is 10.2. The fourth-order valence-corrected chi connectivity index (χ4v) is 1.30. The zero-order valence-electron chi connectivity index (χ0n) is 7.21. The van der Waals surface area contributed by atoms with Gasteiger partial charge in [0, 0.05) is 11.8 Å². The van der Waals surface area contributed by atoms with E-state index in [4.69, 9.17) is 0 Å². The van der Waals surface area contributed by atoms with Gasteiger partial charge in [0.2, 0.25) is 5.88 Å². The SMILES string of the molecule is FC(F)(F)Oc1ncccc1C1CC1. The summed E-state index contributed by atoms with van der Waals surface area (Å²) in [4.78, 5) is 3.58. The van der Waals surface area contributed by atoms with Gasteiger partial charge in [-0.2, -0.15) is 0 Å². The molecule has 0 aromatic carbocycles. The molecule has 2 nitrogen and oxygen atoms in total. The van der Waals surface area contributed by atoms with Crippen LogP contribution in [0.2, 0.25) is 0 Å². The number of alkyl halides is 3. The molecular weight excluding hydrogens is 195 g/mol. The summed E-state index contributed by atoms with van der Waals surface area (Å²) in [5.41, 5.74) is 0.560. The third kappa shape index (κ3) is 2.16. The molecule has 0 N–H and O–H groups in total. The molecule has 0 radical (unpaired) electrons. The normalized spacial score (nSPS) is 16.8. The van der Waals surface area contributed by atoms with Crippen LogP contribution in [-0.2, 0) is 0 Å². The maximum atomic E-state index is 11.9. The fourth-order valence-electron chi connectivity index (χ4n) is 1.30. The first-order valence-electron chi connectivity index (χ1n) is 4.27. The van der Waals surface area contributed by atoms with Crippen molar-refractivity contribution in [1.29, 1.82) is 0 Å². The molecule has 0 aliphatic heterocycles. The lowest BCUT2D eigenvalue weighted by atomic mass is 10.2. The molecule has 5 heteroatoms. The molecule has 0 atom stereocenters. The lowest BCUT2D eigenvalue weighted by Gasteiger charge is -2.10. The van der Waals surface area contributed by atoms with Crippen molar-refractivity contribution in [1.82, 2.24) is 4.98 Å². The fraction of sp³-hybridized carbons (Fsp3) is 0.444. The van der Waals surface area contributed by atoms with Gasteiger partial charge in [0.1, 0.15) is 0 Å². The number of rotatable bonds is 2. The average molecular weight is 203 g/mol. The Morgan fingerprint density at radius 1 is 1.36 bits per heavy atom. The Bertz CT molecular complexity index is 333. The van der Waals surface area contributed by atoms with Crippen molar-refractivity contribution in [3.05, 3.63) is 23.9 Å². The van der Waals surface area contributed by atoms with Gasteiger partial charge >= 0.3 is 6.36 Å². The van der Waals surface area contributed by atoms with Crippen LogP contribution < -0.4 is 4.74 Å². The van der Waals surface area contributed by atoms with E-state index in [0.717, 1.165) is 12.8 Å². The largest absolute Gasteiger partial charge is 0.574 e. The smallest absolute Gasteiger partial charge is 0.388 e. The van der Waals surface area contributed by atoms with Gasteiger partial charge in [0.05, 0.1) is 0 Å². The van der Waals surface area contributed by atoms with Crippen LogP contribution in [0.25, 0.3) is 0 Å². The second-order valence-corrected chi connectivity index (χ2v) is 3.22. The molecule has 0 amide bonds.